The summed E-state index contributed by atoms with van der Waals surface area (Å²) in [6.45, 7) is 2.30. The van der Waals surface area contributed by atoms with E-state index in [-0.39, 0.29) is 22.8 Å². The van der Waals surface area contributed by atoms with Crippen LogP contribution in [0.3, 0.4) is 0 Å². The first-order chi connectivity index (χ1) is 11.4. The predicted octanol–water partition coefficient (Wildman–Crippen LogP) is 1.31. The van der Waals surface area contributed by atoms with Crippen molar-refractivity contribution in [2.75, 3.05) is 5.32 Å². The third kappa shape index (κ3) is 2.44. The van der Waals surface area contributed by atoms with Crippen LogP contribution in [0.1, 0.15) is 29.3 Å². The van der Waals surface area contributed by atoms with E-state index in [1.54, 1.807) is 18.2 Å². The fourth-order valence-corrected chi connectivity index (χ4v) is 2.74. The molecule has 7 nitrogen and oxygen atoms in total. The molecule has 2 N–H and O–H groups in total. The number of ketones is 1. The molecular formula is C17H17N3O4. The van der Waals surface area contributed by atoms with Crippen LogP contribution < -0.4 is 16.6 Å². The maximum atomic E-state index is 12.6. The standard InChI is InChI=1S/C17H17N3O4/c1-3-7-20-15-13(16(23)19(2)17(20)24)14(22)12(18-15)9-10-5-4-6-11(21)8-10/h4-6,8-9,18,21H,3,7H2,1-2H3/b12-9-. The number of allylic oxidation sites excluding steroid dienone is 1. The number of anilines is 1. The molecule has 0 aliphatic carbocycles. The molecule has 3 rings (SSSR count). The Hall–Kier alpha value is -3.09. The molecule has 0 unspecified atom stereocenters. The van der Waals surface area contributed by atoms with E-state index in [1.807, 2.05) is 6.92 Å². The summed E-state index contributed by atoms with van der Waals surface area (Å²) >= 11 is 0. The lowest BCUT2D eigenvalue weighted by atomic mass is 10.1. The summed E-state index contributed by atoms with van der Waals surface area (Å²) in [5.74, 6) is -0.147. The number of nitrogens with zero attached hydrogens (tertiary/aromatic N) is 2. The van der Waals surface area contributed by atoms with Gasteiger partial charge in [0.1, 0.15) is 17.1 Å². The Bertz CT molecular complexity index is 982. The Morgan fingerprint density at radius 2 is 2.00 bits per heavy atom. The number of phenolic OH excluding ortho intramolecular Hbond substituents is 1. The summed E-state index contributed by atoms with van der Waals surface area (Å²) in [4.78, 5) is 37.2. The molecule has 1 aliphatic heterocycles. The van der Waals surface area contributed by atoms with Gasteiger partial charge in [0.15, 0.2) is 0 Å². The average molecular weight is 327 g/mol. The van der Waals surface area contributed by atoms with Crippen LogP contribution >= 0.6 is 0 Å². The average Bonchev–Trinajstić information content (AvgIpc) is 2.86. The number of carbonyl (C=O) groups excluding carboxylic acids is 1. The number of Topliss-reactive ketones (excluding diaryl/α,β-unsaturated/α-hetero) is 1. The first-order valence-corrected chi connectivity index (χ1v) is 7.60. The number of carbonyl (C=O) groups is 1. The summed E-state index contributed by atoms with van der Waals surface area (Å²) in [6, 6.07) is 6.40. The third-order valence-electron chi connectivity index (χ3n) is 3.90. The molecule has 0 radical (unpaired) electrons. The number of rotatable bonds is 3. The number of nitrogens with one attached hydrogen (secondary N) is 1. The van der Waals surface area contributed by atoms with Crippen LogP contribution in [-0.4, -0.2) is 20.0 Å². The molecule has 0 fully saturated rings. The van der Waals surface area contributed by atoms with Gasteiger partial charge < -0.3 is 10.4 Å². The molecule has 1 aliphatic rings. The largest absolute Gasteiger partial charge is 0.508 e. The van der Waals surface area contributed by atoms with Crippen LogP contribution in [0.2, 0.25) is 0 Å². The molecule has 24 heavy (non-hydrogen) atoms. The van der Waals surface area contributed by atoms with Crippen molar-refractivity contribution >= 4 is 17.7 Å². The van der Waals surface area contributed by atoms with Gasteiger partial charge in [0.25, 0.3) is 5.56 Å². The lowest BCUT2D eigenvalue weighted by Gasteiger charge is -2.11. The SMILES string of the molecule is CCCn1c2c(c(=O)n(C)c1=O)C(=O)/C(=C/c1cccc(O)c1)N2. The number of aromatic hydroxyl groups is 1. The highest BCUT2D eigenvalue weighted by atomic mass is 16.3. The van der Waals surface area contributed by atoms with Crippen LogP contribution in [0.25, 0.3) is 6.08 Å². The minimum atomic E-state index is -0.612. The Morgan fingerprint density at radius 1 is 1.25 bits per heavy atom. The summed E-state index contributed by atoms with van der Waals surface area (Å²) in [5.41, 5.74) is -0.293. The highest BCUT2D eigenvalue weighted by molar-refractivity contribution is 6.19. The van der Waals surface area contributed by atoms with Crippen LogP contribution in [-0.2, 0) is 13.6 Å². The van der Waals surface area contributed by atoms with E-state index < -0.39 is 17.0 Å². The molecule has 0 saturated carbocycles. The van der Waals surface area contributed by atoms with Crippen molar-refractivity contribution in [2.24, 2.45) is 7.05 Å². The maximum Gasteiger partial charge on any atom is 0.332 e. The normalized spacial score (nSPS) is 14.8. The van der Waals surface area contributed by atoms with E-state index in [0.29, 0.717) is 18.5 Å². The van der Waals surface area contributed by atoms with Crippen molar-refractivity contribution in [2.45, 2.75) is 19.9 Å². The van der Waals surface area contributed by atoms with Crippen molar-refractivity contribution in [1.29, 1.82) is 0 Å². The second kappa shape index (κ2) is 5.84. The predicted molar refractivity (Wildman–Crippen MR) is 90.3 cm³/mol. The topological polar surface area (TPSA) is 93.3 Å². The molecule has 0 saturated heterocycles. The van der Waals surface area contributed by atoms with E-state index >= 15 is 0 Å². The Balaban J connectivity index is 2.17. The van der Waals surface area contributed by atoms with Crippen LogP contribution in [0, 0.1) is 0 Å². The van der Waals surface area contributed by atoms with E-state index in [2.05, 4.69) is 5.32 Å². The number of benzene rings is 1. The molecule has 1 aromatic carbocycles. The van der Waals surface area contributed by atoms with Gasteiger partial charge in [-0.15, -0.1) is 0 Å². The Kier molecular flexibility index (Phi) is 3.84. The van der Waals surface area contributed by atoms with Gasteiger partial charge in [-0.2, -0.15) is 0 Å². The van der Waals surface area contributed by atoms with Gasteiger partial charge in [-0.1, -0.05) is 19.1 Å². The zero-order valence-corrected chi connectivity index (χ0v) is 13.4. The van der Waals surface area contributed by atoms with Crippen molar-refractivity contribution in [1.82, 2.24) is 9.13 Å². The lowest BCUT2D eigenvalue weighted by molar-refractivity contribution is 0.104. The third-order valence-corrected chi connectivity index (χ3v) is 3.90. The quantitative estimate of drug-likeness (QED) is 0.829. The van der Waals surface area contributed by atoms with Crippen LogP contribution in [0.4, 0.5) is 5.82 Å². The highest BCUT2D eigenvalue weighted by Crippen LogP contribution is 2.26. The molecular weight excluding hydrogens is 310 g/mol. The van der Waals surface area contributed by atoms with Gasteiger partial charge in [-0.25, -0.2) is 4.79 Å². The van der Waals surface area contributed by atoms with Gasteiger partial charge in [0, 0.05) is 13.6 Å². The molecule has 0 bridgehead atoms. The molecule has 0 atom stereocenters. The van der Waals surface area contributed by atoms with Gasteiger partial charge >= 0.3 is 5.69 Å². The summed E-state index contributed by atoms with van der Waals surface area (Å²) in [7, 11) is 1.36. The summed E-state index contributed by atoms with van der Waals surface area (Å²) < 4.78 is 2.35. The van der Waals surface area contributed by atoms with Crippen molar-refractivity contribution in [3.8, 4) is 5.75 Å². The number of hydrogen-bond acceptors (Lipinski definition) is 5. The molecule has 7 heteroatoms. The zero-order valence-electron chi connectivity index (χ0n) is 13.4. The van der Waals surface area contributed by atoms with Crippen LogP contribution in [0.15, 0.2) is 39.6 Å². The van der Waals surface area contributed by atoms with E-state index in [1.165, 1.54) is 23.7 Å². The van der Waals surface area contributed by atoms with Crippen molar-refractivity contribution in [3.63, 3.8) is 0 Å². The zero-order chi connectivity index (χ0) is 17.4. The number of fused-ring (bicyclic) bond motifs is 1. The number of phenols is 1. The Morgan fingerprint density at radius 3 is 2.67 bits per heavy atom. The first-order valence-electron chi connectivity index (χ1n) is 7.60. The molecule has 2 aromatic rings. The lowest BCUT2D eigenvalue weighted by Crippen LogP contribution is -2.40. The fraction of sp³-hybridized carbons (Fsp3) is 0.235. The summed E-state index contributed by atoms with van der Waals surface area (Å²) in [5, 5.41) is 12.4. The minimum absolute atomic E-state index is 0.0306. The van der Waals surface area contributed by atoms with Crippen molar-refractivity contribution in [3.05, 3.63) is 61.9 Å². The van der Waals surface area contributed by atoms with Gasteiger partial charge in [-0.3, -0.25) is 18.7 Å². The maximum absolute atomic E-state index is 12.6. The number of aromatic nitrogens is 2. The van der Waals surface area contributed by atoms with Crippen molar-refractivity contribution < 1.29 is 9.90 Å². The minimum Gasteiger partial charge on any atom is -0.508 e. The summed E-state index contributed by atoms with van der Waals surface area (Å²) in [6.07, 6.45) is 2.23. The first kappa shape index (κ1) is 15.8. The van der Waals surface area contributed by atoms with Crippen LogP contribution in [0.5, 0.6) is 5.75 Å². The molecule has 1 aromatic heterocycles. The van der Waals surface area contributed by atoms with Gasteiger partial charge in [0.2, 0.25) is 5.78 Å². The smallest absolute Gasteiger partial charge is 0.332 e. The van der Waals surface area contributed by atoms with E-state index in [4.69, 9.17) is 0 Å². The Labute approximate surface area is 137 Å². The monoisotopic (exact) mass is 327 g/mol. The van der Waals surface area contributed by atoms with Gasteiger partial charge in [-0.05, 0) is 30.2 Å². The second-order valence-corrected chi connectivity index (χ2v) is 5.63. The number of hydrogen-bond donors (Lipinski definition) is 2. The second-order valence-electron chi connectivity index (χ2n) is 5.63. The fourth-order valence-electron chi connectivity index (χ4n) is 2.74. The highest BCUT2D eigenvalue weighted by Gasteiger charge is 2.32. The molecule has 0 spiro atoms. The van der Waals surface area contributed by atoms with E-state index in [0.717, 1.165) is 4.57 Å². The molecule has 0 amide bonds. The van der Waals surface area contributed by atoms with E-state index in [9.17, 15) is 19.5 Å². The van der Waals surface area contributed by atoms with Gasteiger partial charge in [0.05, 0.1) is 5.70 Å². The molecule has 124 valence electrons. The molecule has 2 heterocycles.